The highest BCUT2D eigenvalue weighted by atomic mass is 19.1. The summed E-state index contributed by atoms with van der Waals surface area (Å²) in [6.45, 7) is 8.34. The van der Waals surface area contributed by atoms with Crippen molar-refractivity contribution < 1.29 is 19.0 Å². The third kappa shape index (κ3) is 7.17. The van der Waals surface area contributed by atoms with E-state index in [1.54, 1.807) is 50.2 Å². The van der Waals surface area contributed by atoms with Crippen molar-refractivity contribution >= 4 is 17.3 Å². The van der Waals surface area contributed by atoms with Crippen molar-refractivity contribution in [3.8, 4) is 5.75 Å². The highest BCUT2D eigenvalue weighted by Crippen LogP contribution is 2.28. The number of nitrogens with zero attached hydrogens (tertiary/aromatic N) is 2. The molecule has 0 aliphatic carbocycles. The Kier molecular flexibility index (Phi) is 8.32. The molecule has 1 amide bonds. The van der Waals surface area contributed by atoms with Crippen LogP contribution >= 0.6 is 0 Å². The van der Waals surface area contributed by atoms with E-state index in [9.17, 15) is 14.3 Å². The van der Waals surface area contributed by atoms with Gasteiger partial charge in [0, 0.05) is 36.9 Å². The van der Waals surface area contributed by atoms with Gasteiger partial charge >= 0.3 is 0 Å². The van der Waals surface area contributed by atoms with E-state index in [-0.39, 0.29) is 17.8 Å². The Morgan fingerprint density at radius 1 is 1.27 bits per heavy atom. The van der Waals surface area contributed by atoms with Crippen LogP contribution in [0.4, 0.5) is 15.8 Å². The lowest BCUT2D eigenvalue weighted by Gasteiger charge is -2.30. The van der Waals surface area contributed by atoms with Crippen LogP contribution in [0.2, 0.25) is 0 Å². The van der Waals surface area contributed by atoms with E-state index in [0.717, 1.165) is 31.6 Å². The van der Waals surface area contributed by atoms with Crippen molar-refractivity contribution in [1.29, 1.82) is 0 Å². The van der Waals surface area contributed by atoms with Crippen LogP contribution in [0.1, 0.15) is 50.4 Å². The van der Waals surface area contributed by atoms with Crippen molar-refractivity contribution in [2.75, 3.05) is 43.5 Å². The molecular formula is C26H36FN3O3. The number of anilines is 2. The zero-order chi connectivity index (χ0) is 24.0. The van der Waals surface area contributed by atoms with Gasteiger partial charge in [-0.25, -0.2) is 4.39 Å². The molecule has 6 nitrogen and oxygen atoms in total. The average molecular weight is 458 g/mol. The topological polar surface area (TPSA) is 65.0 Å². The zero-order valence-electron chi connectivity index (χ0n) is 20.1. The second-order valence-corrected chi connectivity index (χ2v) is 9.46. The lowest BCUT2D eigenvalue weighted by Crippen LogP contribution is -2.43. The smallest absolute Gasteiger partial charge is 0.255 e. The largest absolute Gasteiger partial charge is 0.494 e. The summed E-state index contributed by atoms with van der Waals surface area (Å²) in [5.41, 5.74) is 0.662. The van der Waals surface area contributed by atoms with Gasteiger partial charge in [-0.05, 0) is 76.2 Å². The molecule has 7 heteroatoms. The molecule has 1 unspecified atom stereocenters. The maximum absolute atomic E-state index is 14.9. The summed E-state index contributed by atoms with van der Waals surface area (Å²) in [5, 5.41) is 12.8. The first-order valence-electron chi connectivity index (χ1n) is 11.7. The molecule has 2 N–H and O–H groups in total. The van der Waals surface area contributed by atoms with Crippen LogP contribution in [-0.2, 0) is 0 Å². The van der Waals surface area contributed by atoms with Crippen LogP contribution in [0.25, 0.3) is 0 Å². The maximum Gasteiger partial charge on any atom is 0.255 e. The highest BCUT2D eigenvalue weighted by Gasteiger charge is 2.29. The second kappa shape index (κ2) is 11.0. The van der Waals surface area contributed by atoms with Crippen LogP contribution in [-0.4, -0.2) is 60.8 Å². The molecule has 1 heterocycles. The van der Waals surface area contributed by atoms with E-state index in [1.807, 2.05) is 11.9 Å². The Bertz CT molecular complexity index is 927. The molecule has 0 saturated carbocycles. The van der Waals surface area contributed by atoms with Gasteiger partial charge in [-0.3, -0.25) is 9.69 Å². The van der Waals surface area contributed by atoms with E-state index in [1.165, 1.54) is 6.07 Å². The number of ether oxygens (including phenoxy) is 1. The molecule has 0 spiro atoms. The average Bonchev–Trinajstić information content (AvgIpc) is 3.23. The van der Waals surface area contributed by atoms with E-state index in [0.29, 0.717) is 36.6 Å². The molecule has 1 aliphatic rings. The SMILES string of the molecule is CCCCOc1ccc(C(=O)Nc2ccc(N3CCC(N(C)CC(C)(C)O)C3)c(F)c2)cc1. The highest BCUT2D eigenvalue weighted by molar-refractivity contribution is 6.04. The lowest BCUT2D eigenvalue weighted by molar-refractivity contribution is 0.0340. The second-order valence-electron chi connectivity index (χ2n) is 9.46. The minimum Gasteiger partial charge on any atom is -0.494 e. The Balaban J connectivity index is 1.58. The molecule has 1 atom stereocenters. The Hall–Kier alpha value is -2.64. The summed E-state index contributed by atoms with van der Waals surface area (Å²) < 4.78 is 20.5. The molecule has 0 bridgehead atoms. The van der Waals surface area contributed by atoms with Gasteiger partial charge in [0.1, 0.15) is 11.6 Å². The number of hydrogen-bond donors (Lipinski definition) is 2. The molecule has 1 saturated heterocycles. The van der Waals surface area contributed by atoms with E-state index in [4.69, 9.17) is 4.74 Å². The molecule has 2 aromatic carbocycles. The van der Waals surface area contributed by atoms with Gasteiger partial charge in [-0.2, -0.15) is 0 Å². The van der Waals surface area contributed by atoms with Crippen molar-refractivity contribution in [2.45, 2.75) is 51.7 Å². The monoisotopic (exact) mass is 457 g/mol. The molecule has 33 heavy (non-hydrogen) atoms. The quantitative estimate of drug-likeness (QED) is 0.513. The Morgan fingerprint density at radius 3 is 2.64 bits per heavy atom. The number of amides is 1. The zero-order valence-corrected chi connectivity index (χ0v) is 20.1. The summed E-state index contributed by atoms with van der Waals surface area (Å²) in [5.74, 6) is 0.0718. The van der Waals surface area contributed by atoms with Gasteiger partial charge in [0.25, 0.3) is 5.91 Å². The van der Waals surface area contributed by atoms with Crippen LogP contribution in [0, 0.1) is 5.82 Å². The summed E-state index contributed by atoms with van der Waals surface area (Å²) in [4.78, 5) is 16.7. The fraction of sp³-hybridized carbons (Fsp3) is 0.500. The summed E-state index contributed by atoms with van der Waals surface area (Å²) in [7, 11) is 1.99. The molecule has 0 radical (unpaired) electrons. The van der Waals surface area contributed by atoms with E-state index >= 15 is 0 Å². The van der Waals surface area contributed by atoms with Crippen molar-refractivity contribution in [2.24, 2.45) is 0 Å². The fourth-order valence-corrected chi connectivity index (χ4v) is 4.14. The van der Waals surface area contributed by atoms with Gasteiger partial charge in [-0.1, -0.05) is 13.3 Å². The standard InChI is InChI=1S/C26H36FN3O3/c1-5-6-15-33-22-10-7-19(8-11-22)25(31)28-20-9-12-24(23(27)16-20)30-14-13-21(17-30)29(4)18-26(2,3)32/h7-12,16,21,32H,5-6,13-15,17-18H2,1-4H3,(H,28,31). The molecule has 3 rings (SSSR count). The van der Waals surface area contributed by atoms with Gasteiger partial charge in [0.15, 0.2) is 0 Å². The van der Waals surface area contributed by atoms with Gasteiger partial charge in [0.05, 0.1) is 17.9 Å². The number of rotatable bonds is 10. The first-order chi connectivity index (χ1) is 15.7. The number of aliphatic hydroxyl groups is 1. The lowest BCUT2D eigenvalue weighted by atomic mass is 10.1. The van der Waals surface area contributed by atoms with Crippen LogP contribution in [0.5, 0.6) is 5.75 Å². The van der Waals surface area contributed by atoms with Gasteiger partial charge in [-0.15, -0.1) is 0 Å². The number of carbonyl (C=O) groups excluding carboxylic acids is 1. The normalized spacial score (nSPS) is 16.3. The third-order valence-corrected chi connectivity index (χ3v) is 5.85. The number of benzene rings is 2. The number of hydrogen-bond acceptors (Lipinski definition) is 5. The van der Waals surface area contributed by atoms with Crippen molar-refractivity contribution in [3.05, 3.63) is 53.8 Å². The van der Waals surface area contributed by atoms with E-state index < -0.39 is 5.60 Å². The number of halogens is 1. The molecule has 1 aliphatic heterocycles. The molecule has 1 fully saturated rings. The molecule has 180 valence electrons. The minimum absolute atomic E-state index is 0.254. The first kappa shape index (κ1) is 25.0. The van der Waals surface area contributed by atoms with Gasteiger partial charge < -0.3 is 20.1 Å². The molecule has 2 aromatic rings. The predicted octanol–water partition coefficient (Wildman–Crippen LogP) is 4.54. The number of unbranched alkanes of at least 4 members (excludes halogenated alkanes) is 1. The Morgan fingerprint density at radius 2 is 2.00 bits per heavy atom. The van der Waals surface area contributed by atoms with Crippen molar-refractivity contribution in [1.82, 2.24) is 4.90 Å². The summed E-state index contributed by atoms with van der Waals surface area (Å²) >= 11 is 0. The molecular weight excluding hydrogens is 421 g/mol. The van der Waals surface area contributed by atoms with Crippen LogP contribution in [0.15, 0.2) is 42.5 Å². The van der Waals surface area contributed by atoms with E-state index in [2.05, 4.69) is 17.1 Å². The first-order valence-corrected chi connectivity index (χ1v) is 11.7. The minimum atomic E-state index is -0.768. The predicted molar refractivity (Wildman–Crippen MR) is 131 cm³/mol. The number of nitrogens with one attached hydrogen (secondary N) is 1. The number of likely N-dealkylation sites (N-methyl/N-ethyl adjacent to an activating group) is 1. The summed E-state index contributed by atoms with van der Waals surface area (Å²) in [6.07, 6.45) is 2.95. The van der Waals surface area contributed by atoms with Crippen LogP contribution in [0.3, 0.4) is 0 Å². The molecule has 0 aromatic heterocycles. The third-order valence-electron chi connectivity index (χ3n) is 5.85. The Labute approximate surface area is 196 Å². The summed E-state index contributed by atoms with van der Waals surface area (Å²) in [6, 6.07) is 12.0. The van der Waals surface area contributed by atoms with Crippen molar-refractivity contribution in [3.63, 3.8) is 0 Å². The number of carbonyl (C=O) groups is 1. The maximum atomic E-state index is 14.9. The van der Waals surface area contributed by atoms with Gasteiger partial charge in [0.2, 0.25) is 0 Å². The fourth-order valence-electron chi connectivity index (χ4n) is 4.14. The van der Waals surface area contributed by atoms with Crippen LogP contribution < -0.4 is 15.0 Å².